The molecule has 1 amide bonds. The van der Waals surface area contributed by atoms with Gasteiger partial charge in [-0.05, 0) is 28.9 Å². The Morgan fingerprint density at radius 2 is 2.15 bits per heavy atom. The van der Waals surface area contributed by atoms with E-state index >= 15 is 0 Å². The number of amides is 1. The zero-order valence-electron chi connectivity index (χ0n) is 10.8. The van der Waals surface area contributed by atoms with Crippen molar-refractivity contribution in [2.45, 2.75) is 13.5 Å². The predicted molar refractivity (Wildman–Crippen MR) is 77.5 cm³/mol. The van der Waals surface area contributed by atoms with E-state index in [0.717, 1.165) is 4.47 Å². The van der Waals surface area contributed by atoms with Gasteiger partial charge in [0.2, 0.25) is 0 Å². The van der Waals surface area contributed by atoms with Crippen LogP contribution in [0, 0.1) is 6.92 Å². The highest BCUT2D eigenvalue weighted by atomic mass is 79.9. The molecule has 0 aromatic carbocycles. The van der Waals surface area contributed by atoms with Crippen LogP contribution in [-0.2, 0) is 6.54 Å². The third-order valence-electron chi connectivity index (χ3n) is 2.68. The molecule has 2 aromatic heterocycles. The molecule has 1 N–H and O–H groups in total. The molecule has 6 nitrogen and oxygen atoms in total. The number of hydrogen-bond donors (Lipinski definition) is 1. The lowest BCUT2D eigenvalue weighted by Gasteiger charge is -2.07. The van der Waals surface area contributed by atoms with E-state index in [1.165, 1.54) is 23.3 Å². The van der Waals surface area contributed by atoms with E-state index in [2.05, 4.69) is 31.2 Å². The van der Waals surface area contributed by atoms with Crippen molar-refractivity contribution in [3.63, 3.8) is 0 Å². The summed E-state index contributed by atoms with van der Waals surface area (Å²) >= 11 is 3.26. The first-order chi connectivity index (χ1) is 9.58. The number of carbonyl (C=O) groups is 1. The highest BCUT2D eigenvalue weighted by molar-refractivity contribution is 9.10. The van der Waals surface area contributed by atoms with Gasteiger partial charge in [-0.2, -0.15) is 0 Å². The SMILES string of the molecule is Cc1cncn(CCNC(=O)c2cncc(Br)c2)c1=O. The Labute approximate surface area is 124 Å². The van der Waals surface area contributed by atoms with Crippen LogP contribution in [0.2, 0.25) is 0 Å². The van der Waals surface area contributed by atoms with Gasteiger partial charge in [-0.1, -0.05) is 0 Å². The number of nitrogens with one attached hydrogen (secondary N) is 1. The van der Waals surface area contributed by atoms with Gasteiger partial charge in [-0.25, -0.2) is 4.98 Å². The molecular weight excluding hydrogens is 324 g/mol. The minimum Gasteiger partial charge on any atom is -0.350 e. The van der Waals surface area contributed by atoms with Gasteiger partial charge in [0.25, 0.3) is 11.5 Å². The first-order valence-corrected chi connectivity index (χ1v) is 6.77. The zero-order valence-corrected chi connectivity index (χ0v) is 12.4. The third kappa shape index (κ3) is 3.51. The quantitative estimate of drug-likeness (QED) is 0.908. The van der Waals surface area contributed by atoms with Gasteiger partial charge in [0.05, 0.1) is 11.9 Å². The van der Waals surface area contributed by atoms with Gasteiger partial charge in [-0.15, -0.1) is 0 Å². The standard InChI is InChI=1S/C13H13BrN4O2/c1-9-5-16-8-18(13(9)20)3-2-17-12(19)10-4-11(14)7-15-6-10/h4-8H,2-3H2,1H3,(H,17,19). The number of hydrogen-bond acceptors (Lipinski definition) is 4. The van der Waals surface area contributed by atoms with Crippen LogP contribution < -0.4 is 10.9 Å². The molecule has 2 heterocycles. The van der Waals surface area contributed by atoms with Gasteiger partial charge in [0.1, 0.15) is 0 Å². The predicted octanol–water partition coefficient (Wildman–Crippen LogP) is 1.14. The minimum atomic E-state index is -0.229. The van der Waals surface area contributed by atoms with Gasteiger partial charge in [0.15, 0.2) is 0 Å². The maximum Gasteiger partial charge on any atom is 0.256 e. The van der Waals surface area contributed by atoms with E-state index in [1.807, 2.05) is 0 Å². The molecule has 0 atom stereocenters. The maximum absolute atomic E-state index is 11.9. The van der Waals surface area contributed by atoms with Crippen molar-refractivity contribution in [3.05, 3.63) is 56.9 Å². The Morgan fingerprint density at radius 1 is 1.35 bits per heavy atom. The molecule has 7 heteroatoms. The Bertz CT molecular complexity index is 684. The number of aromatic nitrogens is 3. The van der Waals surface area contributed by atoms with E-state index in [0.29, 0.717) is 24.2 Å². The summed E-state index contributed by atoms with van der Waals surface area (Å²) < 4.78 is 2.21. The van der Waals surface area contributed by atoms with E-state index in [-0.39, 0.29) is 11.5 Å². The lowest BCUT2D eigenvalue weighted by atomic mass is 10.3. The third-order valence-corrected chi connectivity index (χ3v) is 3.11. The molecule has 0 spiro atoms. The summed E-state index contributed by atoms with van der Waals surface area (Å²) in [5.74, 6) is -0.229. The summed E-state index contributed by atoms with van der Waals surface area (Å²) in [6.45, 7) is 2.43. The Morgan fingerprint density at radius 3 is 2.90 bits per heavy atom. The summed E-state index contributed by atoms with van der Waals surface area (Å²) in [6, 6.07) is 1.68. The van der Waals surface area contributed by atoms with Crippen LogP contribution in [0.5, 0.6) is 0 Å². The minimum absolute atomic E-state index is 0.0987. The van der Waals surface area contributed by atoms with Gasteiger partial charge < -0.3 is 5.32 Å². The lowest BCUT2D eigenvalue weighted by molar-refractivity contribution is 0.0951. The van der Waals surface area contributed by atoms with E-state index in [4.69, 9.17) is 0 Å². The summed E-state index contributed by atoms with van der Waals surface area (Å²) in [5.41, 5.74) is 0.947. The molecule has 0 fully saturated rings. The number of halogens is 1. The average Bonchev–Trinajstić information content (AvgIpc) is 2.43. The molecule has 0 unspecified atom stereocenters. The molecule has 0 bridgehead atoms. The van der Waals surface area contributed by atoms with Crippen molar-refractivity contribution >= 4 is 21.8 Å². The summed E-state index contributed by atoms with van der Waals surface area (Å²) in [6.07, 6.45) is 6.07. The van der Waals surface area contributed by atoms with Crippen LogP contribution in [0.15, 0.2) is 40.3 Å². The highest BCUT2D eigenvalue weighted by Crippen LogP contribution is 2.09. The fourth-order valence-electron chi connectivity index (χ4n) is 1.65. The summed E-state index contributed by atoms with van der Waals surface area (Å²) in [4.78, 5) is 31.5. The molecule has 104 valence electrons. The summed E-state index contributed by atoms with van der Waals surface area (Å²) in [5, 5.41) is 2.73. The van der Waals surface area contributed by atoms with E-state index in [9.17, 15) is 9.59 Å². The largest absolute Gasteiger partial charge is 0.350 e. The fraction of sp³-hybridized carbons (Fsp3) is 0.231. The Balaban J connectivity index is 1.95. The summed E-state index contributed by atoms with van der Waals surface area (Å²) in [7, 11) is 0. The smallest absolute Gasteiger partial charge is 0.256 e. The Hall–Kier alpha value is -2.02. The van der Waals surface area contributed by atoms with Crippen LogP contribution in [0.25, 0.3) is 0 Å². The first kappa shape index (κ1) is 14.4. The fourth-order valence-corrected chi connectivity index (χ4v) is 2.01. The molecule has 0 saturated heterocycles. The van der Waals surface area contributed by atoms with Crippen molar-refractivity contribution in [1.82, 2.24) is 19.9 Å². The maximum atomic E-state index is 11.9. The van der Waals surface area contributed by atoms with Gasteiger partial charge in [0, 0.05) is 41.7 Å². The molecular formula is C13H13BrN4O2. The number of aryl methyl sites for hydroxylation is 1. The Kier molecular flexibility index (Phi) is 4.62. The monoisotopic (exact) mass is 336 g/mol. The van der Waals surface area contributed by atoms with Crippen LogP contribution in [0.3, 0.4) is 0 Å². The molecule has 0 aliphatic rings. The van der Waals surface area contributed by atoms with Crippen molar-refractivity contribution in [2.75, 3.05) is 6.54 Å². The number of rotatable bonds is 4. The van der Waals surface area contributed by atoms with Gasteiger partial charge >= 0.3 is 0 Å². The van der Waals surface area contributed by atoms with Crippen molar-refractivity contribution < 1.29 is 4.79 Å². The van der Waals surface area contributed by atoms with E-state index in [1.54, 1.807) is 19.2 Å². The van der Waals surface area contributed by atoms with Crippen LogP contribution in [0.1, 0.15) is 15.9 Å². The van der Waals surface area contributed by atoms with Crippen molar-refractivity contribution in [1.29, 1.82) is 0 Å². The normalized spacial score (nSPS) is 10.3. The van der Waals surface area contributed by atoms with E-state index < -0.39 is 0 Å². The second-order valence-corrected chi connectivity index (χ2v) is 5.14. The highest BCUT2D eigenvalue weighted by Gasteiger charge is 2.06. The molecule has 2 rings (SSSR count). The molecule has 2 aromatic rings. The molecule has 0 radical (unpaired) electrons. The molecule has 0 saturated carbocycles. The first-order valence-electron chi connectivity index (χ1n) is 5.97. The molecule has 20 heavy (non-hydrogen) atoms. The second-order valence-electron chi connectivity index (χ2n) is 4.22. The van der Waals surface area contributed by atoms with Crippen LogP contribution in [0.4, 0.5) is 0 Å². The number of pyridine rings is 1. The number of carbonyl (C=O) groups excluding carboxylic acids is 1. The van der Waals surface area contributed by atoms with Crippen LogP contribution >= 0.6 is 15.9 Å². The average molecular weight is 337 g/mol. The molecule has 0 aliphatic heterocycles. The van der Waals surface area contributed by atoms with Gasteiger partial charge in [-0.3, -0.25) is 19.1 Å². The molecule has 0 aliphatic carbocycles. The zero-order chi connectivity index (χ0) is 14.5. The second kappa shape index (κ2) is 6.42. The lowest BCUT2D eigenvalue weighted by Crippen LogP contribution is -2.31. The topological polar surface area (TPSA) is 76.9 Å². The number of nitrogens with zero attached hydrogens (tertiary/aromatic N) is 3. The van der Waals surface area contributed by atoms with Crippen LogP contribution in [-0.4, -0.2) is 27.0 Å². The van der Waals surface area contributed by atoms with Crippen molar-refractivity contribution in [2.24, 2.45) is 0 Å². The van der Waals surface area contributed by atoms with Crippen molar-refractivity contribution in [3.8, 4) is 0 Å².